The van der Waals surface area contributed by atoms with Crippen LogP contribution in [0.2, 0.25) is 0 Å². The van der Waals surface area contributed by atoms with Gasteiger partial charge in [-0.3, -0.25) is 15.0 Å². The molecule has 2 amide bonds. The van der Waals surface area contributed by atoms with Crippen LogP contribution < -0.4 is 10.2 Å². The van der Waals surface area contributed by atoms with Gasteiger partial charge in [0.05, 0.1) is 17.8 Å². The van der Waals surface area contributed by atoms with Gasteiger partial charge in [0.15, 0.2) is 0 Å². The molecule has 0 bridgehead atoms. The predicted molar refractivity (Wildman–Crippen MR) is 78.6 cm³/mol. The molecule has 2 N–H and O–H groups in total. The van der Waals surface area contributed by atoms with Crippen LogP contribution in [0.1, 0.15) is 23.7 Å². The number of aromatic amines is 1. The highest BCUT2D eigenvalue weighted by atomic mass is 19.1. The molecule has 3 rings (SSSR count). The van der Waals surface area contributed by atoms with Crippen molar-refractivity contribution in [1.82, 2.24) is 15.2 Å². The van der Waals surface area contributed by atoms with Crippen LogP contribution in [0.4, 0.5) is 20.8 Å². The molecular weight excluding hydrogens is 305 g/mol. The fraction of sp³-hybridized carbons (Fsp3) is 0.286. The number of hydrogen-bond acceptors (Lipinski definition) is 5. The van der Waals surface area contributed by atoms with Gasteiger partial charge in [-0.1, -0.05) is 6.92 Å². The van der Waals surface area contributed by atoms with E-state index in [4.69, 9.17) is 4.74 Å². The van der Waals surface area contributed by atoms with Crippen molar-refractivity contribution in [2.24, 2.45) is 0 Å². The first-order valence-corrected chi connectivity index (χ1v) is 7.03. The molecule has 0 aliphatic carbocycles. The first-order chi connectivity index (χ1) is 11.1. The van der Waals surface area contributed by atoms with Crippen LogP contribution in [-0.4, -0.2) is 39.8 Å². The molecule has 120 valence electrons. The van der Waals surface area contributed by atoms with E-state index in [1.807, 2.05) is 6.92 Å². The van der Waals surface area contributed by atoms with E-state index in [0.717, 1.165) is 6.07 Å². The number of halogens is 1. The van der Waals surface area contributed by atoms with E-state index in [-0.39, 0.29) is 17.6 Å². The molecule has 1 aliphatic rings. The Bertz CT molecular complexity index is 734. The number of amides is 2. The fourth-order valence-corrected chi connectivity index (χ4v) is 2.24. The molecule has 0 saturated carbocycles. The lowest BCUT2D eigenvalue weighted by Crippen LogP contribution is -2.25. The van der Waals surface area contributed by atoms with Crippen LogP contribution in [-0.2, 0) is 4.74 Å². The van der Waals surface area contributed by atoms with Crippen LogP contribution in [0.5, 0.6) is 0 Å². The molecule has 1 atom stereocenters. The zero-order valence-corrected chi connectivity index (χ0v) is 12.2. The fourth-order valence-electron chi connectivity index (χ4n) is 2.24. The Balaban J connectivity index is 1.78. The molecule has 1 aromatic carbocycles. The number of aromatic nitrogens is 3. The number of anilines is 2. The third kappa shape index (κ3) is 2.98. The summed E-state index contributed by atoms with van der Waals surface area (Å²) in [5, 5.41) is 8.40. The van der Waals surface area contributed by atoms with Crippen molar-refractivity contribution < 1.29 is 18.7 Å². The van der Waals surface area contributed by atoms with Gasteiger partial charge < -0.3 is 4.74 Å². The van der Waals surface area contributed by atoms with E-state index in [9.17, 15) is 14.0 Å². The summed E-state index contributed by atoms with van der Waals surface area (Å²) in [5.41, 5.74) is 0.185. The lowest BCUT2D eigenvalue weighted by atomic mass is 10.1. The molecule has 0 spiro atoms. The minimum Gasteiger partial charge on any atom is -0.444 e. The van der Waals surface area contributed by atoms with Gasteiger partial charge in [-0.15, -0.1) is 0 Å². The maximum atomic E-state index is 14.2. The molecule has 1 saturated heterocycles. The molecule has 1 aromatic heterocycles. The smallest absolute Gasteiger partial charge is 0.414 e. The van der Waals surface area contributed by atoms with Gasteiger partial charge in [0.2, 0.25) is 5.95 Å². The molecule has 0 radical (unpaired) electrons. The monoisotopic (exact) mass is 319 g/mol. The standard InChI is InChI=1S/C14H14FN5O3/c1-2-9-6-20(14(22)23-9)8-3-4-10(11(15)5-8)12(21)18-13-16-7-17-19-13/h3-5,7,9H,2,6H2,1H3,(H2,16,17,18,19,21)/t9-/m0/s1. The highest BCUT2D eigenvalue weighted by Crippen LogP contribution is 2.25. The number of nitrogens with one attached hydrogen (secondary N) is 2. The number of ether oxygens (including phenoxy) is 1. The van der Waals surface area contributed by atoms with Gasteiger partial charge in [-0.05, 0) is 24.6 Å². The van der Waals surface area contributed by atoms with Crippen LogP contribution in [0.25, 0.3) is 0 Å². The maximum Gasteiger partial charge on any atom is 0.414 e. The zero-order chi connectivity index (χ0) is 16.4. The van der Waals surface area contributed by atoms with E-state index in [0.29, 0.717) is 18.7 Å². The molecule has 0 unspecified atom stereocenters. The summed E-state index contributed by atoms with van der Waals surface area (Å²) in [6.45, 7) is 2.26. The topological polar surface area (TPSA) is 100 Å². The second kappa shape index (κ2) is 6.03. The van der Waals surface area contributed by atoms with Crippen molar-refractivity contribution in [3.05, 3.63) is 35.9 Å². The third-order valence-electron chi connectivity index (χ3n) is 3.49. The minimum atomic E-state index is -0.743. The number of H-pyrrole nitrogens is 1. The Morgan fingerprint density at radius 1 is 1.57 bits per heavy atom. The number of hydrogen-bond donors (Lipinski definition) is 2. The number of benzene rings is 1. The molecular formula is C14H14FN5O3. The van der Waals surface area contributed by atoms with Crippen molar-refractivity contribution in [2.75, 3.05) is 16.8 Å². The summed E-state index contributed by atoms with van der Waals surface area (Å²) < 4.78 is 19.3. The van der Waals surface area contributed by atoms with Gasteiger partial charge in [-0.2, -0.15) is 10.1 Å². The Morgan fingerprint density at radius 2 is 2.39 bits per heavy atom. The first kappa shape index (κ1) is 14.9. The summed E-state index contributed by atoms with van der Waals surface area (Å²) in [6.07, 6.45) is 1.18. The summed E-state index contributed by atoms with van der Waals surface area (Å²) >= 11 is 0. The Labute approximate surface area is 130 Å². The molecule has 2 heterocycles. The van der Waals surface area contributed by atoms with E-state index in [1.165, 1.54) is 23.4 Å². The summed E-state index contributed by atoms with van der Waals surface area (Å²) in [7, 11) is 0. The molecule has 23 heavy (non-hydrogen) atoms. The van der Waals surface area contributed by atoms with Crippen LogP contribution in [0, 0.1) is 5.82 Å². The van der Waals surface area contributed by atoms with Crippen molar-refractivity contribution >= 4 is 23.6 Å². The second-order valence-corrected chi connectivity index (χ2v) is 4.98. The Kier molecular flexibility index (Phi) is 3.92. The number of carbonyl (C=O) groups excluding carboxylic acids is 2. The van der Waals surface area contributed by atoms with Gasteiger partial charge >= 0.3 is 6.09 Å². The van der Waals surface area contributed by atoms with Crippen LogP contribution in [0.3, 0.4) is 0 Å². The lowest BCUT2D eigenvalue weighted by Gasteiger charge is -2.14. The van der Waals surface area contributed by atoms with Gasteiger partial charge in [-0.25, -0.2) is 14.3 Å². The number of rotatable bonds is 4. The quantitative estimate of drug-likeness (QED) is 0.897. The molecule has 1 aliphatic heterocycles. The van der Waals surface area contributed by atoms with Gasteiger partial charge in [0.1, 0.15) is 18.2 Å². The van der Waals surface area contributed by atoms with Gasteiger partial charge in [0.25, 0.3) is 5.91 Å². The third-order valence-corrected chi connectivity index (χ3v) is 3.49. The van der Waals surface area contributed by atoms with Crippen LogP contribution >= 0.6 is 0 Å². The summed E-state index contributed by atoms with van der Waals surface area (Å²) in [5.74, 6) is -1.29. The normalized spacial score (nSPS) is 17.2. The predicted octanol–water partition coefficient (Wildman–Crippen LogP) is 1.93. The Hall–Kier alpha value is -2.97. The molecule has 2 aromatic rings. The highest BCUT2D eigenvalue weighted by Gasteiger charge is 2.31. The average molecular weight is 319 g/mol. The SMILES string of the molecule is CC[C@H]1CN(c2ccc(C(=O)Nc3ncn[nH]3)c(F)c2)C(=O)O1. The highest BCUT2D eigenvalue weighted by molar-refractivity contribution is 6.04. The van der Waals surface area contributed by atoms with Crippen molar-refractivity contribution in [2.45, 2.75) is 19.4 Å². The van der Waals surface area contributed by atoms with E-state index >= 15 is 0 Å². The van der Waals surface area contributed by atoms with E-state index < -0.39 is 17.8 Å². The number of cyclic esters (lactones) is 1. The summed E-state index contributed by atoms with van der Waals surface area (Å²) in [6, 6.07) is 3.94. The molecule has 1 fully saturated rings. The minimum absolute atomic E-state index is 0.118. The van der Waals surface area contributed by atoms with Crippen molar-refractivity contribution in [1.29, 1.82) is 0 Å². The number of carbonyl (C=O) groups is 2. The summed E-state index contributed by atoms with van der Waals surface area (Å²) in [4.78, 5) is 28.8. The maximum absolute atomic E-state index is 14.2. The van der Waals surface area contributed by atoms with Crippen LogP contribution in [0.15, 0.2) is 24.5 Å². The number of nitrogens with zero attached hydrogens (tertiary/aromatic N) is 3. The lowest BCUT2D eigenvalue weighted by molar-refractivity contribution is 0.102. The first-order valence-electron chi connectivity index (χ1n) is 7.03. The largest absolute Gasteiger partial charge is 0.444 e. The van der Waals surface area contributed by atoms with Crippen molar-refractivity contribution in [3.63, 3.8) is 0 Å². The zero-order valence-electron chi connectivity index (χ0n) is 12.2. The molecule has 9 heteroatoms. The van der Waals surface area contributed by atoms with E-state index in [2.05, 4.69) is 20.5 Å². The average Bonchev–Trinajstić information content (AvgIpc) is 3.16. The Morgan fingerprint density at radius 3 is 3.00 bits per heavy atom. The van der Waals surface area contributed by atoms with E-state index in [1.54, 1.807) is 0 Å². The second-order valence-electron chi connectivity index (χ2n) is 4.98. The molecule has 8 nitrogen and oxygen atoms in total. The van der Waals surface area contributed by atoms with Crippen molar-refractivity contribution in [3.8, 4) is 0 Å². The van der Waals surface area contributed by atoms with Gasteiger partial charge in [0, 0.05) is 0 Å².